The lowest BCUT2D eigenvalue weighted by atomic mass is 9.99. The molecule has 126 valence electrons. The van der Waals surface area contributed by atoms with Crippen LogP contribution in [0.5, 0.6) is 0 Å². The minimum absolute atomic E-state index is 0.00318. The molecule has 1 atom stereocenters. The van der Waals surface area contributed by atoms with Crippen LogP contribution in [0.25, 0.3) is 0 Å². The van der Waals surface area contributed by atoms with E-state index < -0.39 is 16.1 Å². The first-order valence-electron chi connectivity index (χ1n) is 7.42. The third-order valence-corrected chi connectivity index (χ3v) is 4.48. The summed E-state index contributed by atoms with van der Waals surface area (Å²) in [6.45, 7) is 8.89. The lowest BCUT2D eigenvalue weighted by Gasteiger charge is -2.18. The summed E-state index contributed by atoms with van der Waals surface area (Å²) < 4.78 is 45.2. The fourth-order valence-corrected chi connectivity index (χ4v) is 3.19. The smallest absolute Gasteiger partial charge is 0.212 e. The van der Waals surface area contributed by atoms with Crippen LogP contribution < -0.4 is 4.72 Å². The molecule has 0 unspecified atom stereocenters. The molecular formula is C16H26FNO3S. The molecule has 1 aromatic rings. The number of hydrogen-bond donors (Lipinski definition) is 1. The van der Waals surface area contributed by atoms with Crippen LogP contribution in [0.2, 0.25) is 0 Å². The zero-order valence-electron chi connectivity index (χ0n) is 13.7. The van der Waals surface area contributed by atoms with Crippen molar-refractivity contribution in [1.29, 1.82) is 0 Å². The van der Waals surface area contributed by atoms with Crippen molar-refractivity contribution >= 4 is 10.0 Å². The van der Waals surface area contributed by atoms with Crippen LogP contribution >= 0.6 is 0 Å². The van der Waals surface area contributed by atoms with Gasteiger partial charge in [0.25, 0.3) is 0 Å². The molecule has 6 heteroatoms. The number of ether oxygens (including phenoxy) is 1. The molecule has 0 amide bonds. The molecule has 0 radical (unpaired) electrons. The Labute approximate surface area is 133 Å². The van der Waals surface area contributed by atoms with Crippen molar-refractivity contribution in [3.8, 4) is 0 Å². The van der Waals surface area contributed by atoms with Gasteiger partial charge in [0.05, 0.1) is 12.4 Å². The molecule has 1 rings (SSSR count). The number of nitrogens with one attached hydrogen (secondary N) is 1. The van der Waals surface area contributed by atoms with Gasteiger partial charge in [0, 0.05) is 12.6 Å². The summed E-state index contributed by atoms with van der Waals surface area (Å²) in [5, 5.41) is 0. The first kappa shape index (κ1) is 19.1. The van der Waals surface area contributed by atoms with Gasteiger partial charge in [-0.25, -0.2) is 17.5 Å². The number of halogens is 1. The highest BCUT2D eigenvalue weighted by molar-refractivity contribution is 7.89. The molecule has 0 fully saturated rings. The minimum Gasteiger partial charge on any atom is -0.381 e. The van der Waals surface area contributed by atoms with E-state index in [1.165, 1.54) is 12.1 Å². The van der Waals surface area contributed by atoms with Crippen molar-refractivity contribution < 1.29 is 17.5 Å². The van der Waals surface area contributed by atoms with Crippen LogP contribution in [0, 0.1) is 11.2 Å². The summed E-state index contributed by atoms with van der Waals surface area (Å²) in [6.07, 6.45) is 0.432. The van der Waals surface area contributed by atoms with E-state index in [0.29, 0.717) is 25.2 Å². The summed E-state index contributed by atoms with van der Waals surface area (Å²) in [5.41, 5.74) is 0.677. The van der Waals surface area contributed by atoms with E-state index in [4.69, 9.17) is 4.74 Å². The summed E-state index contributed by atoms with van der Waals surface area (Å²) in [6, 6.07) is 5.46. The van der Waals surface area contributed by atoms with E-state index in [1.54, 1.807) is 19.1 Å². The maximum Gasteiger partial charge on any atom is 0.212 e. The number of hydrogen-bond acceptors (Lipinski definition) is 3. The van der Waals surface area contributed by atoms with Crippen LogP contribution in [0.1, 0.15) is 45.7 Å². The average molecular weight is 331 g/mol. The third kappa shape index (κ3) is 7.87. The van der Waals surface area contributed by atoms with E-state index in [1.807, 2.05) is 0 Å². The second-order valence-electron chi connectivity index (χ2n) is 6.68. The van der Waals surface area contributed by atoms with Crippen molar-refractivity contribution in [2.45, 2.75) is 40.2 Å². The Hall–Kier alpha value is -0.980. The molecule has 0 saturated heterocycles. The summed E-state index contributed by atoms with van der Waals surface area (Å²) in [7, 11) is -3.41. The maximum atomic E-state index is 13.2. The van der Waals surface area contributed by atoms with E-state index in [-0.39, 0.29) is 17.0 Å². The van der Waals surface area contributed by atoms with Gasteiger partial charge in [0.2, 0.25) is 10.0 Å². The molecule has 22 heavy (non-hydrogen) atoms. The van der Waals surface area contributed by atoms with E-state index in [2.05, 4.69) is 25.5 Å². The SMILES string of the molecule is C[C@@H](NS(=O)(=O)CCCOCC(C)(C)C)c1cccc(F)c1. The fourth-order valence-electron chi connectivity index (χ4n) is 1.90. The Bertz CT molecular complexity index is 567. The third-order valence-electron chi connectivity index (χ3n) is 2.94. The molecule has 4 nitrogen and oxygen atoms in total. The molecular weight excluding hydrogens is 305 g/mol. The fraction of sp³-hybridized carbons (Fsp3) is 0.625. The Kier molecular flexibility index (Phi) is 6.97. The zero-order valence-corrected chi connectivity index (χ0v) is 14.5. The molecule has 0 aliphatic heterocycles. The monoisotopic (exact) mass is 331 g/mol. The van der Waals surface area contributed by atoms with Gasteiger partial charge in [-0.3, -0.25) is 0 Å². The molecule has 0 spiro atoms. The molecule has 1 aromatic carbocycles. The predicted molar refractivity (Wildman–Crippen MR) is 86.6 cm³/mol. The highest BCUT2D eigenvalue weighted by Crippen LogP contribution is 2.15. The van der Waals surface area contributed by atoms with Crippen LogP contribution in [0.15, 0.2) is 24.3 Å². The van der Waals surface area contributed by atoms with Gasteiger partial charge in [-0.15, -0.1) is 0 Å². The predicted octanol–water partition coefficient (Wildman–Crippen LogP) is 3.26. The highest BCUT2D eigenvalue weighted by Gasteiger charge is 2.16. The van der Waals surface area contributed by atoms with Crippen LogP contribution in [0.3, 0.4) is 0 Å². The van der Waals surface area contributed by atoms with Crippen molar-refractivity contribution in [3.63, 3.8) is 0 Å². The lowest BCUT2D eigenvalue weighted by Crippen LogP contribution is -2.29. The second-order valence-corrected chi connectivity index (χ2v) is 8.55. The summed E-state index contributed by atoms with van der Waals surface area (Å²) in [5.74, 6) is -0.379. The Balaban J connectivity index is 2.40. The summed E-state index contributed by atoms with van der Waals surface area (Å²) in [4.78, 5) is 0. The first-order chi connectivity index (χ1) is 10.1. The first-order valence-corrected chi connectivity index (χ1v) is 9.07. The maximum absolute atomic E-state index is 13.2. The number of rotatable bonds is 8. The topological polar surface area (TPSA) is 55.4 Å². The quantitative estimate of drug-likeness (QED) is 0.744. The van der Waals surface area contributed by atoms with Gasteiger partial charge in [-0.2, -0.15) is 0 Å². The highest BCUT2D eigenvalue weighted by atomic mass is 32.2. The van der Waals surface area contributed by atoms with Crippen molar-refractivity contribution in [2.75, 3.05) is 19.0 Å². The number of sulfonamides is 1. The molecule has 0 aliphatic rings. The molecule has 0 aromatic heterocycles. The van der Waals surface area contributed by atoms with Gasteiger partial charge in [-0.05, 0) is 36.5 Å². The normalized spacial score (nSPS) is 14.0. The van der Waals surface area contributed by atoms with Crippen molar-refractivity contribution in [1.82, 2.24) is 4.72 Å². The van der Waals surface area contributed by atoms with Crippen LogP contribution in [-0.4, -0.2) is 27.4 Å². The van der Waals surface area contributed by atoms with E-state index in [9.17, 15) is 12.8 Å². The molecule has 1 N–H and O–H groups in total. The minimum atomic E-state index is -3.41. The van der Waals surface area contributed by atoms with Crippen molar-refractivity contribution in [3.05, 3.63) is 35.6 Å². The van der Waals surface area contributed by atoms with E-state index >= 15 is 0 Å². The van der Waals surface area contributed by atoms with Gasteiger partial charge in [0.1, 0.15) is 5.82 Å². The average Bonchev–Trinajstić information content (AvgIpc) is 2.36. The van der Waals surface area contributed by atoms with Crippen LogP contribution in [-0.2, 0) is 14.8 Å². The Morgan fingerprint density at radius 3 is 2.59 bits per heavy atom. The molecule has 0 aliphatic carbocycles. The zero-order chi connectivity index (χ0) is 16.8. The van der Waals surface area contributed by atoms with Crippen molar-refractivity contribution in [2.24, 2.45) is 5.41 Å². The standard InChI is InChI=1S/C16H26FNO3S/c1-13(14-7-5-8-15(17)11-14)18-22(19,20)10-6-9-21-12-16(2,3)4/h5,7-8,11,13,18H,6,9-10,12H2,1-4H3/t13-/m1/s1. The summed E-state index contributed by atoms with van der Waals surface area (Å²) >= 11 is 0. The molecule has 0 saturated carbocycles. The van der Waals surface area contributed by atoms with Gasteiger partial charge < -0.3 is 4.74 Å². The molecule has 0 heterocycles. The Morgan fingerprint density at radius 2 is 2.00 bits per heavy atom. The van der Waals surface area contributed by atoms with Crippen LogP contribution in [0.4, 0.5) is 4.39 Å². The lowest BCUT2D eigenvalue weighted by molar-refractivity contribution is 0.0720. The van der Waals surface area contributed by atoms with Gasteiger partial charge in [-0.1, -0.05) is 32.9 Å². The van der Waals surface area contributed by atoms with Gasteiger partial charge in [0.15, 0.2) is 0 Å². The Morgan fingerprint density at radius 1 is 1.32 bits per heavy atom. The van der Waals surface area contributed by atoms with E-state index in [0.717, 1.165) is 0 Å². The molecule has 0 bridgehead atoms. The largest absolute Gasteiger partial charge is 0.381 e. The second kappa shape index (κ2) is 8.04. The number of benzene rings is 1. The van der Waals surface area contributed by atoms with Gasteiger partial charge >= 0.3 is 0 Å².